The Labute approximate surface area is 270 Å². The van der Waals surface area contributed by atoms with E-state index in [1.807, 2.05) is 0 Å². The maximum atomic E-state index is 12.2. The average molecular weight is 672 g/mol. The van der Waals surface area contributed by atoms with Crippen LogP contribution in [0.4, 0.5) is 0 Å². The fourth-order valence-corrected chi connectivity index (χ4v) is 5.97. The summed E-state index contributed by atoms with van der Waals surface area (Å²) < 4.78 is 65.3. The minimum absolute atomic E-state index is 0.0697. The Kier molecular flexibility index (Phi) is 10.2. The fraction of sp³-hybridized carbons (Fsp3) is 0.793. The normalized spacial score (nSPS) is 35.6. The maximum Gasteiger partial charge on any atom is 0.303 e. The van der Waals surface area contributed by atoms with E-state index in [2.05, 4.69) is 10.3 Å². The van der Waals surface area contributed by atoms with E-state index in [4.69, 9.17) is 52.1 Å². The molecule has 18 heteroatoms. The summed E-state index contributed by atoms with van der Waals surface area (Å²) in [5.41, 5.74) is 0.335. The van der Waals surface area contributed by atoms with Gasteiger partial charge in [-0.3, -0.25) is 19.2 Å². The highest BCUT2D eigenvalue weighted by atomic mass is 16.8. The topological polar surface area (TPSA) is 201 Å². The Morgan fingerprint density at radius 2 is 1.47 bits per heavy atom. The number of carbonyl (C=O) groups excluding carboxylic acids is 4. The van der Waals surface area contributed by atoms with Crippen LogP contribution in [0.25, 0.3) is 0 Å². The van der Waals surface area contributed by atoms with Crippen molar-refractivity contribution in [3.8, 4) is 0 Å². The predicted molar refractivity (Wildman–Crippen MR) is 149 cm³/mol. The lowest BCUT2D eigenvalue weighted by Gasteiger charge is -2.44. The van der Waals surface area contributed by atoms with Crippen LogP contribution in [0.1, 0.15) is 67.3 Å². The summed E-state index contributed by atoms with van der Waals surface area (Å²) in [5.74, 6) is -4.56. The molecule has 0 bridgehead atoms. The Bertz CT molecular complexity index is 1330. The van der Waals surface area contributed by atoms with Crippen LogP contribution in [0.2, 0.25) is 0 Å². The third-order valence-corrected chi connectivity index (χ3v) is 7.63. The van der Waals surface area contributed by atoms with E-state index in [0.29, 0.717) is 5.69 Å². The zero-order valence-corrected chi connectivity index (χ0v) is 27.4. The van der Waals surface area contributed by atoms with E-state index in [1.165, 1.54) is 17.8 Å². The maximum absolute atomic E-state index is 12.2. The molecule has 4 fully saturated rings. The molecule has 1 aromatic rings. The number of hydrogen-bond donors (Lipinski definition) is 0. The average Bonchev–Trinajstić information content (AvgIpc) is 3.70. The number of hydrogen-bond acceptors (Lipinski definition) is 17. The summed E-state index contributed by atoms with van der Waals surface area (Å²) in [7, 11) is 0. The molecule has 4 aliphatic rings. The molecule has 1 aromatic heterocycles. The lowest BCUT2D eigenvalue weighted by molar-refractivity contribution is -0.270. The summed E-state index contributed by atoms with van der Waals surface area (Å²) in [6, 6.07) is 0. The lowest BCUT2D eigenvalue weighted by atomic mass is 9.97. The molecule has 5 rings (SSSR count). The first-order chi connectivity index (χ1) is 22.0. The van der Waals surface area contributed by atoms with Crippen molar-refractivity contribution in [1.29, 1.82) is 0 Å². The van der Waals surface area contributed by atoms with E-state index in [-0.39, 0.29) is 19.8 Å². The molecule has 1 unspecified atom stereocenters. The predicted octanol–water partition coefficient (Wildman–Crippen LogP) is 0.447. The van der Waals surface area contributed by atoms with E-state index in [9.17, 15) is 19.2 Å². The Balaban J connectivity index is 1.38. The van der Waals surface area contributed by atoms with Crippen LogP contribution in [-0.2, 0) is 77.9 Å². The second kappa shape index (κ2) is 13.7. The van der Waals surface area contributed by atoms with E-state index >= 15 is 0 Å². The largest absolute Gasteiger partial charge is 0.463 e. The van der Waals surface area contributed by atoms with Gasteiger partial charge in [0.1, 0.15) is 42.8 Å². The number of aromatic nitrogens is 3. The van der Waals surface area contributed by atoms with Crippen LogP contribution >= 0.6 is 0 Å². The van der Waals surface area contributed by atoms with Crippen molar-refractivity contribution in [2.75, 3.05) is 13.2 Å². The van der Waals surface area contributed by atoms with Gasteiger partial charge in [0.2, 0.25) is 0 Å². The third kappa shape index (κ3) is 8.25. The first kappa shape index (κ1) is 35.1. The zero-order valence-electron chi connectivity index (χ0n) is 27.4. The molecule has 262 valence electrons. The van der Waals surface area contributed by atoms with Crippen molar-refractivity contribution in [2.45, 2.75) is 135 Å². The summed E-state index contributed by atoms with van der Waals surface area (Å²) in [6.45, 7) is 11.6. The highest BCUT2D eigenvalue weighted by molar-refractivity contribution is 5.68. The second-order valence-corrected chi connectivity index (χ2v) is 12.5. The monoisotopic (exact) mass is 671 g/mol. The number of carbonyl (C=O) groups is 4. The van der Waals surface area contributed by atoms with Gasteiger partial charge in [-0.1, -0.05) is 5.21 Å². The summed E-state index contributed by atoms with van der Waals surface area (Å²) in [6.07, 6.45) is -7.90. The van der Waals surface area contributed by atoms with Crippen LogP contribution in [0, 0.1) is 0 Å². The molecule has 4 saturated heterocycles. The first-order valence-corrected chi connectivity index (χ1v) is 15.2. The summed E-state index contributed by atoms with van der Waals surface area (Å²) in [5, 5.41) is 8.36. The molecule has 18 nitrogen and oxygen atoms in total. The number of nitrogens with zero attached hydrogens (tertiary/aromatic N) is 3. The van der Waals surface area contributed by atoms with Crippen molar-refractivity contribution in [2.24, 2.45) is 0 Å². The molecule has 47 heavy (non-hydrogen) atoms. The van der Waals surface area contributed by atoms with Crippen LogP contribution in [0.5, 0.6) is 0 Å². The van der Waals surface area contributed by atoms with Gasteiger partial charge in [-0.05, 0) is 27.7 Å². The van der Waals surface area contributed by atoms with Crippen molar-refractivity contribution in [3.05, 3.63) is 11.9 Å². The Hall–Kier alpha value is -3.26. The number of rotatable bonds is 10. The molecule has 10 atom stereocenters. The molecule has 5 heterocycles. The number of fused-ring (bicyclic) bond motifs is 1. The molecule has 0 spiro atoms. The molecular formula is C29H41N3O15. The molecule has 0 amide bonds. The van der Waals surface area contributed by atoms with Crippen molar-refractivity contribution < 1.29 is 71.3 Å². The van der Waals surface area contributed by atoms with E-state index in [0.717, 1.165) is 20.8 Å². The standard InChI is InChI=1S/C29H41N3O15/c1-13(33)37-11-18-20(40-14(2)34)23(41-15(3)35)24(42-16(4)36)26(43-18)32-9-17(30-31-32)10-38-22-21(19-12-39-28(5,6)45-19)44-27-25(22)46-29(7,8)47-27/h9,18-27H,10-12H2,1-8H3/t18-,19-,20-,21-,22+,23+,24-,25-,26-,27?/m1/s1. The van der Waals surface area contributed by atoms with Crippen LogP contribution in [0.15, 0.2) is 6.20 Å². The summed E-state index contributed by atoms with van der Waals surface area (Å²) >= 11 is 0. The van der Waals surface area contributed by atoms with Crippen LogP contribution in [-0.4, -0.2) is 119 Å². The third-order valence-electron chi connectivity index (χ3n) is 7.63. The quantitative estimate of drug-likeness (QED) is 0.245. The van der Waals surface area contributed by atoms with E-state index < -0.39 is 96.8 Å². The molecule has 0 N–H and O–H groups in total. The Morgan fingerprint density at radius 1 is 0.809 bits per heavy atom. The molecule has 0 aromatic carbocycles. The van der Waals surface area contributed by atoms with Crippen molar-refractivity contribution in [3.63, 3.8) is 0 Å². The minimum Gasteiger partial charge on any atom is -0.463 e. The minimum atomic E-state index is -1.36. The van der Waals surface area contributed by atoms with Crippen molar-refractivity contribution >= 4 is 23.9 Å². The van der Waals surface area contributed by atoms with Crippen LogP contribution in [0.3, 0.4) is 0 Å². The number of ether oxygens (including phenoxy) is 11. The van der Waals surface area contributed by atoms with Crippen molar-refractivity contribution in [1.82, 2.24) is 15.0 Å². The van der Waals surface area contributed by atoms with Gasteiger partial charge < -0.3 is 52.1 Å². The highest BCUT2D eigenvalue weighted by Crippen LogP contribution is 2.42. The zero-order chi connectivity index (χ0) is 34.3. The van der Waals surface area contributed by atoms with Gasteiger partial charge in [0, 0.05) is 27.7 Å². The highest BCUT2D eigenvalue weighted by Gasteiger charge is 2.59. The lowest BCUT2D eigenvalue weighted by Crippen LogP contribution is -2.60. The van der Waals surface area contributed by atoms with Gasteiger partial charge in [0.05, 0.1) is 19.4 Å². The van der Waals surface area contributed by atoms with E-state index in [1.54, 1.807) is 27.7 Å². The van der Waals surface area contributed by atoms with Gasteiger partial charge in [-0.15, -0.1) is 5.10 Å². The van der Waals surface area contributed by atoms with Gasteiger partial charge in [0.15, 0.2) is 42.4 Å². The SMILES string of the molecule is CC(=O)OC[C@H]1O[C@@H](n2cc(CO[C@H]3[C@@H]([C@H]4COC(C)(C)O4)OC4OC(C)(C)O[C@@H]43)nn2)[C@H](OC(C)=O)[C@@H](OC(C)=O)[C@@H]1OC(C)=O. The first-order valence-electron chi connectivity index (χ1n) is 15.2. The Morgan fingerprint density at radius 3 is 2.09 bits per heavy atom. The molecule has 0 saturated carbocycles. The molecule has 0 radical (unpaired) electrons. The smallest absolute Gasteiger partial charge is 0.303 e. The molecule has 0 aliphatic carbocycles. The van der Waals surface area contributed by atoms with Gasteiger partial charge in [-0.25, -0.2) is 4.68 Å². The molecule has 4 aliphatic heterocycles. The van der Waals surface area contributed by atoms with Gasteiger partial charge in [-0.2, -0.15) is 0 Å². The summed E-state index contributed by atoms with van der Waals surface area (Å²) in [4.78, 5) is 48.0. The van der Waals surface area contributed by atoms with Gasteiger partial charge in [0.25, 0.3) is 0 Å². The second-order valence-electron chi connectivity index (χ2n) is 12.5. The fourth-order valence-electron chi connectivity index (χ4n) is 5.97. The van der Waals surface area contributed by atoms with Gasteiger partial charge >= 0.3 is 23.9 Å². The van der Waals surface area contributed by atoms with Crippen LogP contribution < -0.4 is 0 Å². The molecular weight excluding hydrogens is 630 g/mol. The number of esters is 4.